The lowest BCUT2D eigenvalue weighted by molar-refractivity contribution is -0.127. The molecule has 1 aromatic heterocycles. The highest BCUT2D eigenvalue weighted by Crippen LogP contribution is 2.14. The number of carbonyl (C=O) groups is 1. The first-order valence-corrected chi connectivity index (χ1v) is 8.05. The number of carbonyl (C=O) groups excluding carboxylic acids is 1. The lowest BCUT2D eigenvalue weighted by Gasteiger charge is -2.16. The van der Waals surface area contributed by atoms with E-state index in [1.807, 2.05) is 20.3 Å². The van der Waals surface area contributed by atoms with Crippen LogP contribution in [-0.4, -0.2) is 33.4 Å². The van der Waals surface area contributed by atoms with Gasteiger partial charge in [0.15, 0.2) is 0 Å². The second kappa shape index (κ2) is 7.31. The van der Waals surface area contributed by atoms with Crippen LogP contribution in [0.25, 0.3) is 0 Å². The zero-order chi connectivity index (χ0) is 15.2. The van der Waals surface area contributed by atoms with E-state index < -0.39 is 0 Å². The molecular weight excluding hydrogens is 282 g/mol. The molecule has 2 rings (SSSR count). The summed E-state index contributed by atoms with van der Waals surface area (Å²) in [6, 6.07) is 8.41. The molecule has 5 heteroatoms. The number of hydrogen-bond acceptors (Lipinski definition) is 3. The monoisotopic (exact) mass is 303 g/mol. The van der Waals surface area contributed by atoms with E-state index in [2.05, 4.69) is 36.3 Å². The molecule has 0 fully saturated rings. The average molecular weight is 303 g/mol. The van der Waals surface area contributed by atoms with Crippen molar-refractivity contribution in [1.82, 2.24) is 14.7 Å². The lowest BCUT2D eigenvalue weighted by Crippen LogP contribution is -2.27. The first-order valence-electron chi connectivity index (χ1n) is 6.89. The van der Waals surface area contributed by atoms with Gasteiger partial charge >= 0.3 is 0 Å². The third-order valence-electron chi connectivity index (χ3n) is 3.18. The Bertz CT molecular complexity index is 609. The largest absolute Gasteiger partial charge is 0.341 e. The van der Waals surface area contributed by atoms with E-state index >= 15 is 0 Å². The van der Waals surface area contributed by atoms with Crippen LogP contribution in [-0.2, 0) is 24.1 Å². The van der Waals surface area contributed by atoms with Crippen molar-refractivity contribution in [2.24, 2.45) is 7.05 Å². The molecule has 0 aliphatic heterocycles. The van der Waals surface area contributed by atoms with Gasteiger partial charge in [-0.1, -0.05) is 29.8 Å². The molecule has 112 valence electrons. The standard InChI is InChI=1S/C16H21N3OS/c1-13-5-4-6-14(7-13)11-21-12-16(20)18(2)9-15-8-17-19(3)10-15/h4-8,10H,9,11-12H2,1-3H3. The maximum Gasteiger partial charge on any atom is 0.232 e. The fourth-order valence-electron chi connectivity index (χ4n) is 2.08. The van der Waals surface area contributed by atoms with Crippen molar-refractivity contribution in [3.8, 4) is 0 Å². The average Bonchev–Trinajstić information content (AvgIpc) is 2.84. The summed E-state index contributed by atoms with van der Waals surface area (Å²) in [5.74, 6) is 1.52. The molecule has 0 spiro atoms. The third-order valence-corrected chi connectivity index (χ3v) is 4.17. The summed E-state index contributed by atoms with van der Waals surface area (Å²) in [4.78, 5) is 13.8. The third kappa shape index (κ3) is 4.93. The predicted octanol–water partition coefficient (Wildman–Crippen LogP) is 2.62. The van der Waals surface area contributed by atoms with Crippen LogP contribution in [0.2, 0.25) is 0 Å². The van der Waals surface area contributed by atoms with E-state index in [-0.39, 0.29) is 5.91 Å². The van der Waals surface area contributed by atoms with Crippen molar-refractivity contribution in [1.29, 1.82) is 0 Å². The van der Waals surface area contributed by atoms with E-state index in [1.54, 1.807) is 27.5 Å². The topological polar surface area (TPSA) is 38.1 Å². The van der Waals surface area contributed by atoms with E-state index in [4.69, 9.17) is 0 Å². The molecule has 0 atom stereocenters. The van der Waals surface area contributed by atoms with Gasteiger partial charge in [-0.25, -0.2) is 0 Å². The number of nitrogens with zero attached hydrogens (tertiary/aromatic N) is 3. The number of aryl methyl sites for hydroxylation is 2. The van der Waals surface area contributed by atoms with E-state index in [0.29, 0.717) is 12.3 Å². The molecule has 0 N–H and O–H groups in total. The van der Waals surface area contributed by atoms with Gasteiger partial charge in [-0.15, -0.1) is 11.8 Å². The first kappa shape index (κ1) is 15.6. The minimum absolute atomic E-state index is 0.150. The van der Waals surface area contributed by atoms with Crippen molar-refractivity contribution in [3.63, 3.8) is 0 Å². The number of rotatable bonds is 6. The SMILES string of the molecule is Cc1cccc(CSCC(=O)N(C)Cc2cnn(C)c2)c1. The summed E-state index contributed by atoms with van der Waals surface area (Å²) < 4.78 is 1.75. The molecule has 0 saturated heterocycles. The highest BCUT2D eigenvalue weighted by atomic mass is 32.2. The van der Waals surface area contributed by atoms with Crippen LogP contribution >= 0.6 is 11.8 Å². The minimum Gasteiger partial charge on any atom is -0.341 e. The fraction of sp³-hybridized carbons (Fsp3) is 0.375. The minimum atomic E-state index is 0.150. The zero-order valence-corrected chi connectivity index (χ0v) is 13.6. The molecule has 1 heterocycles. The molecule has 0 saturated carbocycles. The first-order chi connectivity index (χ1) is 10.0. The molecule has 1 aromatic carbocycles. The zero-order valence-electron chi connectivity index (χ0n) is 12.7. The van der Waals surface area contributed by atoms with Crippen LogP contribution in [0.1, 0.15) is 16.7 Å². The Hall–Kier alpha value is -1.75. The number of thioether (sulfide) groups is 1. The molecule has 1 amide bonds. The molecular formula is C16H21N3OS. The summed E-state index contributed by atoms with van der Waals surface area (Å²) in [5.41, 5.74) is 3.58. The fourth-order valence-corrected chi connectivity index (χ4v) is 3.00. The van der Waals surface area contributed by atoms with Gasteiger partial charge in [0.25, 0.3) is 0 Å². The van der Waals surface area contributed by atoms with Gasteiger partial charge in [0.1, 0.15) is 0 Å². The molecule has 0 radical (unpaired) electrons. The summed E-state index contributed by atoms with van der Waals surface area (Å²) in [6.07, 6.45) is 3.73. The number of benzene rings is 1. The van der Waals surface area contributed by atoms with Crippen LogP contribution < -0.4 is 0 Å². The maximum atomic E-state index is 12.1. The summed E-state index contributed by atoms with van der Waals surface area (Å²) >= 11 is 1.66. The second-order valence-electron chi connectivity index (χ2n) is 5.25. The smallest absolute Gasteiger partial charge is 0.232 e. The predicted molar refractivity (Wildman–Crippen MR) is 87.0 cm³/mol. The van der Waals surface area contributed by atoms with Crippen LogP contribution in [0.3, 0.4) is 0 Å². The highest BCUT2D eigenvalue weighted by Gasteiger charge is 2.10. The second-order valence-corrected chi connectivity index (χ2v) is 6.24. The van der Waals surface area contributed by atoms with Crippen molar-refractivity contribution < 1.29 is 4.79 Å². The normalized spacial score (nSPS) is 10.6. The van der Waals surface area contributed by atoms with Gasteiger partial charge in [0.05, 0.1) is 11.9 Å². The molecule has 2 aromatic rings. The van der Waals surface area contributed by atoms with Crippen LogP contribution in [0.15, 0.2) is 36.7 Å². The Balaban J connectivity index is 1.76. The molecule has 0 aliphatic carbocycles. The number of hydrogen-bond donors (Lipinski definition) is 0. The van der Waals surface area contributed by atoms with Crippen LogP contribution in [0.4, 0.5) is 0 Å². The van der Waals surface area contributed by atoms with Crippen LogP contribution in [0.5, 0.6) is 0 Å². The van der Waals surface area contributed by atoms with Gasteiger partial charge in [-0.3, -0.25) is 9.48 Å². The Morgan fingerprint density at radius 3 is 2.86 bits per heavy atom. The summed E-state index contributed by atoms with van der Waals surface area (Å²) in [6.45, 7) is 2.69. The van der Waals surface area contributed by atoms with E-state index in [1.165, 1.54) is 11.1 Å². The molecule has 0 unspecified atom stereocenters. The molecule has 0 aliphatic rings. The Kier molecular flexibility index (Phi) is 5.44. The Morgan fingerprint density at radius 2 is 2.19 bits per heavy atom. The van der Waals surface area contributed by atoms with Crippen molar-refractivity contribution >= 4 is 17.7 Å². The van der Waals surface area contributed by atoms with Crippen molar-refractivity contribution in [3.05, 3.63) is 53.3 Å². The van der Waals surface area contributed by atoms with E-state index in [0.717, 1.165) is 11.3 Å². The number of aromatic nitrogens is 2. The summed E-state index contributed by atoms with van der Waals surface area (Å²) in [7, 11) is 3.71. The Labute approximate surface area is 130 Å². The lowest BCUT2D eigenvalue weighted by atomic mass is 10.2. The Morgan fingerprint density at radius 1 is 1.38 bits per heavy atom. The van der Waals surface area contributed by atoms with Gasteiger partial charge in [0, 0.05) is 38.2 Å². The van der Waals surface area contributed by atoms with Crippen molar-refractivity contribution in [2.45, 2.75) is 19.2 Å². The van der Waals surface area contributed by atoms with Crippen LogP contribution in [0, 0.1) is 6.92 Å². The van der Waals surface area contributed by atoms with Gasteiger partial charge in [-0.2, -0.15) is 5.10 Å². The maximum absolute atomic E-state index is 12.1. The number of amides is 1. The summed E-state index contributed by atoms with van der Waals surface area (Å²) in [5, 5.41) is 4.11. The molecule has 4 nitrogen and oxygen atoms in total. The highest BCUT2D eigenvalue weighted by molar-refractivity contribution is 7.99. The van der Waals surface area contributed by atoms with Crippen molar-refractivity contribution in [2.75, 3.05) is 12.8 Å². The molecule has 0 bridgehead atoms. The molecule has 21 heavy (non-hydrogen) atoms. The van der Waals surface area contributed by atoms with Gasteiger partial charge in [0.2, 0.25) is 5.91 Å². The van der Waals surface area contributed by atoms with Gasteiger partial charge in [-0.05, 0) is 12.5 Å². The van der Waals surface area contributed by atoms with E-state index in [9.17, 15) is 4.79 Å². The van der Waals surface area contributed by atoms with Gasteiger partial charge < -0.3 is 4.90 Å². The quantitative estimate of drug-likeness (QED) is 0.823.